The van der Waals surface area contributed by atoms with Crippen LogP contribution in [0.1, 0.15) is 10.4 Å². The molecule has 1 aromatic heterocycles. The van der Waals surface area contributed by atoms with E-state index in [4.69, 9.17) is 5.73 Å². The molecule has 3 N–H and O–H groups in total. The topological polar surface area (TPSA) is 71.2 Å². The van der Waals surface area contributed by atoms with Crippen LogP contribution < -0.4 is 16.0 Å². The van der Waals surface area contributed by atoms with E-state index in [1.54, 1.807) is 30.6 Å². The van der Waals surface area contributed by atoms with Crippen molar-refractivity contribution in [1.29, 1.82) is 0 Å². The first-order chi connectivity index (χ1) is 9.47. The van der Waals surface area contributed by atoms with Gasteiger partial charge in [0.05, 0.1) is 17.6 Å². The highest BCUT2D eigenvalue weighted by atomic mass is 79.9. The molecule has 0 fully saturated rings. The lowest BCUT2D eigenvalue weighted by molar-refractivity contribution is 0.102. The molecule has 0 aliphatic carbocycles. The summed E-state index contributed by atoms with van der Waals surface area (Å²) >= 11 is 3.32. The fourth-order valence-electron chi connectivity index (χ4n) is 1.81. The van der Waals surface area contributed by atoms with Gasteiger partial charge in [-0.3, -0.25) is 9.78 Å². The van der Waals surface area contributed by atoms with Crippen LogP contribution in [0.25, 0.3) is 0 Å². The summed E-state index contributed by atoms with van der Waals surface area (Å²) in [6.07, 6.45) is 3.30. The van der Waals surface area contributed by atoms with Gasteiger partial charge in [0.2, 0.25) is 0 Å². The number of halogens is 1. The molecule has 0 saturated carbocycles. The number of nitrogens with zero attached hydrogens (tertiary/aromatic N) is 2. The number of carbonyl (C=O) groups excluding carboxylic acids is 1. The van der Waals surface area contributed by atoms with E-state index in [0.29, 0.717) is 16.9 Å². The van der Waals surface area contributed by atoms with Gasteiger partial charge in [-0.15, -0.1) is 0 Å². The van der Waals surface area contributed by atoms with Gasteiger partial charge >= 0.3 is 0 Å². The summed E-state index contributed by atoms with van der Waals surface area (Å²) in [5.41, 5.74) is 8.30. The van der Waals surface area contributed by atoms with Crippen molar-refractivity contribution in [1.82, 2.24) is 4.98 Å². The molecule has 0 unspecified atom stereocenters. The van der Waals surface area contributed by atoms with E-state index < -0.39 is 0 Å². The second kappa shape index (κ2) is 5.92. The maximum absolute atomic E-state index is 12.3. The van der Waals surface area contributed by atoms with Gasteiger partial charge in [0.15, 0.2) is 0 Å². The zero-order chi connectivity index (χ0) is 14.7. The predicted octanol–water partition coefficient (Wildman–Crippen LogP) is 2.74. The Hall–Kier alpha value is -2.08. The molecule has 0 saturated heterocycles. The van der Waals surface area contributed by atoms with Crippen LogP contribution in [0.15, 0.2) is 41.1 Å². The number of benzene rings is 1. The summed E-state index contributed by atoms with van der Waals surface area (Å²) in [4.78, 5) is 18.2. The molecule has 0 spiro atoms. The molecule has 0 aliphatic rings. The third-order valence-corrected chi connectivity index (χ3v) is 3.17. The normalized spacial score (nSPS) is 10.2. The maximum Gasteiger partial charge on any atom is 0.255 e. The average molecular weight is 335 g/mol. The zero-order valence-corrected chi connectivity index (χ0v) is 12.8. The molecule has 104 valence electrons. The first-order valence-corrected chi connectivity index (χ1v) is 6.75. The van der Waals surface area contributed by atoms with E-state index >= 15 is 0 Å². The number of hydrogen-bond acceptors (Lipinski definition) is 4. The Morgan fingerprint density at radius 2 is 2.10 bits per heavy atom. The zero-order valence-electron chi connectivity index (χ0n) is 11.2. The lowest BCUT2D eigenvalue weighted by Crippen LogP contribution is -2.17. The molecule has 0 atom stereocenters. The smallest absolute Gasteiger partial charge is 0.255 e. The minimum absolute atomic E-state index is 0.228. The molecular formula is C14H15BrN4O. The molecule has 1 heterocycles. The van der Waals surface area contributed by atoms with Gasteiger partial charge in [-0.1, -0.05) is 15.9 Å². The number of carbonyl (C=O) groups is 1. The van der Waals surface area contributed by atoms with E-state index in [0.717, 1.165) is 10.2 Å². The van der Waals surface area contributed by atoms with Crippen LogP contribution in [0.2, 0.25) is 0 Å². The summed E-state index contributed by atoms with van der Waals surface area (Å²) in [6, 6.07) is 6.93. The van der Waals surface area contributed by atoms with Crippen LogP contribution in [-0.2, 0) is 0 Å². The van der Waals surface area contributed by atoms with Crippen LogP contribution in [0.3, 0.4) is 0 Å². The third-order valence-electron chi connectivity index (χ3n) is 2.71. The van der Waals surface area contributed by atoms with Crippen LogP contribution in [0.4, 0.5) is 17.1 Å². The number of rotatable bonds is 3. The van der Waals surface area contributed by atoms with Crippen molar-refractivity contribution in [2.45, 2.75) is 0 Å². The second-order valence-electron chi connectivity index (χ2n) is 4.51. The number of anilines is 3. The van der Waals surface area contributed by atoms with Gasteiger partial charge in [-0.05, 0) is 24.3 Å². The molecule has 2 rings (SSSR count). The van der Waals surface area contributed by atoms with Crippen molar-refractivity contribution in [3.05, 3.63) is 46.7 Å². The number of nitrogen functional groups attached to an aromatic ring is 1. The number of hydrogen-bond donors (Lipinski definition) is 2. The first-order valence-electron chi connectivity index (χ1n) is 5.96. The van der Waals surface area contributed by atoms with E-state index in [2.05, 4.69) is 26.2 Å². The minimum Gasteiger partial charge on any atom is -0.399 e. The number of aromatic nitrogens is 1. The van der Waals surface area contributed by atoms with E-state index in [9.17, 15) is 4.79 Å². The molecule has 1 aromatic carbocycles. The van der Waals surface area contributed by atoms with Gasteiger partial charge in [0, 0.05) is 36.0 Å². The van der Waals surface area contributed by atoms with Gasteiger partial charge in [-0.25, -0.2) is 0 Å². The van der Waals surface area contributed by atoms with E-state index in [-0.39, 0.29) is 5.91 Å². The van der Waals surface area contributed by atoms with E-state index in [1.165, 1.54) is 0 Å². The fraction of sp³-hybridized carbons (Fsp3) is 0.143. The number of nitrogens with two attached hydrogens (primary N) is 1. The Morgan fingerprint density at radius 1 is 1.35 bits per heavy atom. The highest BCUT2D eigenvalue weighted by Gasteiger charge is 2.11. The highest BCUT2D eigenvalue weighted by Crippen LogP contribution is 2.24. The summed E-state index contributed by atoms with van der Waals surface area (Å²) in [5, 5.41) is 2.84. The summed E-state index contributed by atoms with van der Waals surface area (Å²) < 4.78 is 0.765. The monoisotopic (exact) mass is 334 g/mol. The first kappa shape index (κ1) is 14.3. The van der Waals surface area contributed by atoms with Gasteiger partial charge < -0.3 is 16.0 Å². The number of pyridine rings is 1. The molecular weight excluding hydrogens is 320 g/mol. The highest BCUT2D eigenvalue weighted by molar-refractivity contribution is 9.10. The third kappa shape index (κ3) is 3.27. The maximum atomic E-state index is 12.3. The van der Waals surface area contributed by atoms with Crippen molar-refractivity contribution in [3.63, 3.8) is 0 Å². The van der Waals surface area contributed by atoms with Crippen molar-refractivity contribution in [3.8, 4) is 0 Å². The molecule has 0 aliphatic heterocycles. The molecule has 0 radical (unpaired) electrons. The number of nitrogens with one attached hydrogen (secondary N) is 1. The second-order valence-corrected chi connectivity index (χ2v) is 5.43. The van der Waals surface area contributed by atoms with Crippen LogP contribution >= 0.6 is 15.9 Å². The number of amides is 1. The van der Waals surface area contributed by atoms with Gasteiger partial charge in [0.25, 0.3) is 5.91 Å². The lowest BCUT2D eigenvalue weighted by Gasteiger charge is -2.17. The fourth-order valence-corrected chi connectivity index (χ4v) is 2.32. The largest absolute Gasteiger partial charge is 0.399 e. The van der Waals surface area contributed by atoms with Crippen LogP contribution in [0, 0.1) is 0 Å². The van der Waals surface area contributed by atoms with Crippen LogP contribution in [-0.4, -0.2) is 25.0 Å². The quantitative estimate of drug-likeness (QED) is 0.846. The SMILES string of the molecule is CN(C)c1ccncc1NC(=O)c1cc(N)cc(Br)c1. The Morgan fingerprint density at radius 3 is 2.75 bits per heavy atom. The minimum atomic E-state index is -0.228. The van der Waals surface area contributed by atoms with Gasteiger partial charge in [0.1, 0.15) is 0 Å². The summed E-state index contributed by atoms with van der Waals surface area (Å²) in [5.74, 6) is -0.228. The Bertz CT molecular complexity index is 623. The van der Waals surface area contributed by atoms with Crippen molar-refractivity contribution < 1.29 is 4.79 Å². The molecule has 6 heteroatoms. The van der Waals surface area contributed by atoms with Crippen molar-refractivity contribution in [2.75, 3.05) is 30.0 Å². The molecule has 2 aromatic rings. The van der Waals surface area contributed by atoms with Gasteiger partial charge in [-0.2, -0.15) is 0 Å². The lowest BCUT2D eigenvalue weighted by atomic mass is 10.2. The van der Waals surface area contributed by atoms with E-state index in [1.807, 2.05) is 25.1 Å². The van der Waals surface area contributed by atoms with Crippen molar-refractivity contribution >= 4 is 38.9 Å². The Balaban J connectivity index is 2.28. The molecule has 20 heavy (non-hydrogen) atoms. The molecule has 5 nitrogen and oxygen atoms in total. The average Bonchev–Trinajstić information content (AvgIpc) is 2.37. The predicted molar refractivity (Wildman–Crippen MR) is 85.1 cm³/mol. The Kier molecular flexibility index (Phi) is 4.24. The molecule has 0 bridgehead atoms. The summed E-state index contributed by atoms with van der Waals surface area (Å²) in [6.45, 7) is 0. The Labute approximate surface area is 125 Å². The van der Waals surface area contributed by atoms with Crippen molar-refractivity contribution in [2.24, 2.45) is 0 Å². The van der Waals surface area contributed by atoms with Crippen LogP contribution in [0.5, 0.6) is 0 Å². The standard InChI is InChI=1S/C14H15BrN4O/c1-19(2)13-3-4-17-8-12(13)18-14(20)9-5-10(15)7-11(16)6-9/h3-8H,16H2,1-2H3,(H,18,20). The summed E-state index contributed by atoms with van der Waals surface area (Å²) in [7, 11) is 3.81. The molecule has 1 amide bonds.